The van der Waals surface area contributed by atoms with Crippen LogP contribution in [-0.2, 0) is 4.79 Å². The zero-order valence-electron chi connectivity index (χ0n) is 8.37. The van der Waals surface area contributed by atoms with Crippen LogP contribution >= 0.6 is 0 Å². The molecule has 4 atom stereocenters. The molecule has 0 amide bonds. The van der Waals surface area contributed by atoms with Gasteiger partial charge in [-0.1, -0.05) is 20.8 Å². The summed E-state index contributed by atoms with van der Waals surface area (Å²) in [6.07, 6.45) is 0.932. The van der Waals surface area contributed by atoms with E-state index in [0.29, 0.717) is 11.7 Å². The Morgan fingerprint density at radius 2 is 2.15 bits per heavy atom. The molecule has 70 valence electrons. The van der Waals surface area contributed by atoms with Crippen LogP contribution < -0.4 is 0 Å². The molecule has 0 radical (unpaired) electrons. The number of Topliss-reactive ketones (excluding diaryl/α,β-unsaturated/α-hetero) is 1. The lowest BCUT2D eigenvalue weighted by molar-refractivity contribution is -0.126. The Hall–Kier alpha value is -0.840. The van der Waals surface area contributed by atoms with E-state index in [4.69, 9.17) is 5.26 Å². The maximum Gasteiger partial charge on any atom is 0.140 e. The van der Waals surface area contributed by atoms with Gasteiger partial charge in [-0.05, 0) is 17.8 Å². The number of carbonyl (C=O) groups is 1. The Labute approximate surface area is 78.9 Å². The van der Waals surface area contributed by atoms with Crippen LogP contribution in [0.25, 0.3) is 0 Å². The quantitative estimate of drug-likeness (QED) is 0.568. The largest absolute Gasteiger partial charge is 0.299 e. The molecule has 2 saturated carbocycles. The molecule has 2 heteroatoms. The van der Waals surface area contributed by atoms with E-state index >= 15 is 0 Å². The fraction of sp³-hybridized carbons (Fsp3) is 0.818. The molecular formula is C11H15NO. The minimum atomic E-state index is -0.0342. The second-order valence-electron chi connectivity index (χ2n) is 5.07. The van der Waals surface area contributed by atoms with Crippen molar-refractivity contribution in [1.82, 2.24) is 0 Å². The summed E-state index contributed by atoms with van der Waals surface area (Å²) >= 11 is 0. The summed E-state index contributed by atoms with van der Waals surface area (Å²) in [5, 5.41) is 8.88. The van der Waals surface area contributed by atoms with Crippen LogP contribution in [0.3, 0.4) is 0 Å². The molecule has 13 heavy (non-hydrogen) atoms. The predicted octanol–water partition coefficient (Wildman–Crippen LogP) is 2.01. The highest BCUT2D eigenvalue weighted by atomic mass is 16.1. The molecule has 2 aliphatic carbocycles. The number of hydrogen-bond donors (Lipinski definition) is 0. The number of nitrogens with zero attached hydrogens (tertiary/aromatic N) is 1. The van der Waals surface area contributed by atoms with Gasteiger partial charge in [-0.25, -0.2) is 0 Å². The molecule has 2 nitrogen and oxygen atoms in total. The van der Waals surface area contributed by atoms with Gasteiger partial charge < -0.3 is 0 Å². The standard InChI is InChI=1S/C11H15NO/c1-6-7(5-12)4-8-9(10(6)13)11(8,2)3/h6-9H,4H2,1-3H3/t6-,7+,8-,9-/m1/s1. The molecule has 0 saturated heterocycles. The zero-order valence-corrected chi connectivity index (χ0v) is 8.37. The van der Waals surface area contributed by atoms with Gasteiger partial charge in [-0.3, -0.25) is 4.79 Å². The topological polar surface area (TPSA) is 40.9 Å². The van der Waals surface area contributed by atoms with E-state index in [2.05, 4.69) is 19.9 Å². The normalized spacial score (nSPS) is 46.5. The first kappa shape index (κ1) is 8.74. The minimum absolute atomic E-state index is 0.0319. The molecule has 0 bridgehead atoms. The van der Waals surface area contributed by atoms with Crippen molar-refractivity contribution >= 4 is 5.78 Å². The van der Waals surface area contributed by atoms with Crippen LogP contribution in [0.5, 0.6) is 0 Å². The monoisotopic (exact) mass is 177 g/mol. The second-order valence-corrected chi connectivity index (χ2v) is 5.07. The lowest BCUT2D eigenvalue weighted by atomic mass is 9.80. The van der Waals surface area contributed by atoms with Crippen LogP contribution in [0.2, 0.25) is 0 Å². The van der Waals surface area contributed by atoms with Crippen molar-refractivity contribution in [2.45, 2.75) is 27.2 Å². The van der Waals surface area contributed by atoms with Gasteiger partial charge in [0.1, 0.15) is 5.78 Å². The van der Waals surface area contributed by atoms with Crippen LogP contribution in [0.1, 0.15) is 27.2 Å². The summed E-state index contributed by atoms with van der Waals surface area (Å²) in [5.74, 6) is 1.00. The van der Waals surface area contributed by atoms with Gasteiger partial charge in [0.15, 0.2) is 0 Å². The van der Waals surface area contributed by atoms with Crippen LogP contribution in [0.15, 0.2) is 0 Å². The van der Waals surface area contributed by atoms with E-state index in [1.165, 1.54) is 0 Å². The van der Waals surface area contributed by atoms with E-state index < -0.39 is 0 Å². The number of hydrogen-bond acceptors (Lipinski definition) is 2. The average molecular weight is 177 g/mol. The Bertz CT molecular complexity index is 300. The summed E-state index contributed by atoms with van der Waals surface area (Å²) in [6.45, 7) is 6.19. The molecule has 0 aromatic rings. The summed E-state index contributed by atoms with van der Waals surface area (Å²) in [7, 11) is 0. The molecule has 2 rings (SSSR count). The smallest absolute Gasteiger partial charge is 0.140 e. The van der Waals surface area contributed by atoms with Crippen molar-refractivity contribution in [2.24, 2.45) is 29.1 Å². The number of fused-ring (bicyclic) bond motifs is 1. The molecule has 0 aromatic carbocycles. The third kappa shape index (κ3) is 0.964. The molecule has 0 spiro atoms. The van der Waals surface area contributed by atoms with Gasteiger partial charge in [0.05, 0.1) is 12.0 Å². The van der Waals surface area contributed by atoms with E-state index in [9.17, 15) is 4.79 Å². The molecule has 0 aliphatic heterocycles. The van der Waals surface area contributed by atoms with Gasteiger partial charge in [0.25, 0.3) is 0 Å². The first-order chi connectivity index (χ1) is 6.00. The third-order valence-corrected chi connectivity index (χ3v) is 4.08. The molecule has 2 aliphatic rings. The summed E-state index contributed by atoms with van der Waals surface area (Å²) in [5.41, 5.74) is 0.178. The molecule has 0 heterocycles. The van der Waals surface area contributed by atoms with Crippen molar-refractivity contribution in [1.29, 1.82) is 5.26 Å². The van der Waals surface area contributed by atoms with E-state index in [1.807, 2.05) is 6.92 Å². The number of ketones is 1. The predicted molar refractivity (Wildman–Crippen MR) is 48.7 cm³/mol. The maximum atomic E-state index is 11.8. The van der Waals surface area contributed by atoms with Crippen LogP contribution in [-0.4, -0.2) is 5.78 Å². The van der Waals surface area contributed by atoms with Crippen molar-refractivity contribution in [3.63, 3.8) is 0 Å². The second kappa shape index (κ2) is 2.35. The minimum Gasteiger partial charge on any atom is -0.299 e. The highest BCUT2D eigenvalue weighted by molar-refractivity contribution is 5.88. The fourth-order valence-corrected chi connectivity index (χ4v) is 2.87. The third-order valence-electron chi connectivity index (χ3n) is 4.08. The van der Waals surface area contributed by atoms with Crippen molar-refractivity contribution in [3.8, 4) is 6.07 Å². The van der Waals surface area contributed by atoms with Gasteiger partial charge >= 0.3 is 0 Å². The highest BCUT2D eigenvalue weighted by Gasteiger charge is 2.65. The van der Waals surface area contributed by atoms with Gasteiger partial charge in [-0.2, -0.15) is 5.26 Å². The first-order valence-corrected chi connectivity index (χ1v) is 4.93. The molecule has 0 N–H and O–H groups in total. The lowest BCUT2D eigenvalue weighted by Crippen LogP contribution is -2.27. The van der Waals surface area contributed by atoms with E-state index in [1.54, 1.807) is 0 Å². The van der Waals surface area contributed by atoms with E-state index in [-0.39, 0.29) is 23.2 Å². The Kier molecular flexibility index (Phi) is 1.58. The first-order valence-electron chi connectivity index (χ1n) is 4.93. The fourth-order valence-electron chi connectivity index (χ4n) is 2.87. The van der Waals surface area contributed by atoms with Gasteiger partial charge in [-0.15, -0.1) is 0 Å². The zero-order chi connectivity index (χ0) is 9.80. The van der Waals surface area contributed by atoms with Crippen molar-refractivity contribution < 1.29 is 4.79 Å². The lowest BCUT2D eigenvalue weighted by Gasteiger charge is -2.20. The summed E-state index contributed by atoms with van der Waals surface area (Å²) < 4.78 is 0. The highest BCUT2D eigenvalue weighted by Crippen LogP contribution is 2.65. The number of nitriles is 1. The Morgan fingerprint density at radius 1 is 1.54 bits per heavy atom. The molecule has 0 aromatic heterocycles. The van der Waals surface area contributed by atoms with Gasteiger partial charge in [0.2, 0.25) is 0 Å². The van der Waals surface area contributed by atoms with Crippen LogP contribution in [0.4, 0.5) is 0 Å². The summed E-state index contributed by atoms with van der Waals surface area (Å²) in [4.78, 5) is 11.8. The molecule has 2 fully saturated rings. The maximum absolute atomic E-state index is 11.8. The van der Waals surface area contributed by atoms with Gasteiger partial charge in [0, 0.05) is 11.8 Å². The van der Waals surface area contributed by atoms with Crippen LogP contribution in [0, 0.1) is 40.4 Å². The summed E-state index contributed by atoms with van der Waals surface area (Å²) in [6, 6.07) is 2.26. The SMILES string of the molecule is C[C@H]1C(=O)[C@H]2[C@@H](C[C@H]1C#N)C2(C)C. The molecular weight excluding hydrogens is 162 g/mol. The molecule has 0 unspecified atom stereocenters. The Balaban J connectivity index is 2.24. The van der Waals surface area contributed by atoms with Crippen molar-refractivity contribution in [2.75, 3.05) is 0 Å². The average Bonchev–Trinajstić information content (AvgIpc) is 2.61. The number of carbonyl (C=O) groups excluding carboxylic acids is 1. The van der Waals surface area contributed by atoms with Crippen molar-refractivity contribution in [3.05, 3.63) is 0 Å². The Morgan fingerprint density at radius 3 is 2.69 bits per heavy atom. The number of rotatable bonds is 0. The van der Waals surface area contributed by atoms with E-state index in [0.717, 1.165) is 6.42 Å².